The van der Waals surface area contributed by atoms with Gasteiger partial charge in [-0.2, -0.15) is 13.2 Å². The first-order chi connectivity index (χ1) is 14.8. The van der Waals surface area contributed by atoms with Gasteiger partial charge in [-0.15, -0.1) is 0 Å². The number of anilines is 1. The van der Waals surface area contributed by atoms with E-state index in [0.29, 0.717) is 33.3 Å². The molecule has 5 nitrogen and oxygen atoms in total. The van der Waals surface area contributed by atoms with Crippen molar-refractivity contribution in [3.8, 4) is 17.2 Å². The maximum atomic E-state index is 12.6. The van der Waals surface area contributed by atoms with Crippen LogP contribution < -0.4 is 10.1 Å². The number of fused-ring (bicyclic) bond motifs is 1. The van der Waals surface area contributed by atoms with Crippen molar-refractivity contribution in [3.05, 3.63) is 77.3 Å². The summed E-state index contributed by atoms with van der Waals surface area (Å²) in [4.78, 5) is 16.4. The van der Waals surface area contributed by atoms with Gasteiger partial charge in [-0.05, 0) is 66.7 Å². The third-order valence-electron chi connectivity index (χ3n) is 4.32. The summed E-state index contributed by atoms with van der Waals surface area (Å²) in [6.07, 6.45) is -4.42. The van der Waals surface area contributed by atoms with Gasteiger partial charge < -0.3 is 14.5 Å². The average molecular weight is 447 g/mol. The first kappa shape index (κ1) is 20.7. The quantitative estimate of drug-likeness (QED) is 0.397. The fourth-order valence-corrected chi connectivity index (χ4v) is 2.97. The zero-order valence-electron chi connectivity index (χ0n) is 15.7. The highest BCUT2D eigenvalue weighted by Gasteiger charge is 2.30. The minimum absolute atomic E-state index is 0.162. The van der Waals surface area contributed by atoms with Gasteiger partial charge in [0.15, 0.2) is 12.2 Å². The van der Waals surface area contributed by atoms with E-state index in [1.165, 1.54) is 12.1 Å². The number of oxazole rings is 1. The second-order valence-corrected chi connectivity index (χ2v) is 7.00. The molecule has 1 N–H and O–H groups in total. The Bertz CT molecular complexity index is 1220. The van der Waals surface area contributed by atoms with Crippen molar-refractivity contribution < 1.29 is 27.1 Å². The number of hydrogen-bond donors (Lipinski definition) is 1. The summed E-state index contributed by atoms with van der Waals surface area (Å²) in [6.45, 7) is -0.348. The Morgan fingerprint density at radius 2 is 1.74 bits per heavy atom. The minimum atomic E-state index is -4.42. The molecule has 0 saturated heterocycles. The Hall–Kier alpha value is -3.52. The highest BCUT2D eigenvalue weighted by atomic mass is 35.5. The Balaban J connectivity index is 1.35. The van der Waals surface area contributed by atoms with Crippen molar-refractivity contribution in [1.82, 2.24) is 4.98 Å². The molecule has 4 aromatic rings. The number of amides is 1. The normalized spacial score (nSPS) is 11.5. The first-order valence-electron chi connectivity index (χ1n) is 9.04. The molecule has 0 spiro atoms. The van der Waals surface area contributed by atoms with Crippen LogP contribution in [0.15, 0.2) is 71.1 Å². The molecule has 4 rings (SSSR count). The summed E-state index contributed by atoms with van der Waals surface area (Å²) in [5, 5.41) is 3.21. The predicted molar refractivity (Wildman–Crippen MR) is 110 cm³/mol. The monoisotopic (exact) mass is 446 g/mol. The number of carbonyl (C=O) groups excluding carboxylic acids is 1. The van der Waals surface area contributed by atoms with Crippen LogP contribution in [-0.2, 0) is 11.0 Å². The maximum absolute atomic E-state index is 12.6. The van der Waals surface area contributed by atoms with Gasteiger partial charge in [-0.1, -0.05) is 11.6 Å². The smallest absolute Gasteiger partial charge is 0.416 e. The van der Waals surface area contributed by atoms with E-state index in [0.717, 1.165) is 12.1 Å². The largest absolute Gasteiger partial charge is 0.484 e. The highest BCUT2D eigenvalue weighted by Crippen LogP contribution is 2.30. The van der Waals surface area contributed by atoms with Gasteiger partial charge in [0.1, 0.15) is 11.3 Å². The van der Waals surface area contributed by atoms with Crippen LogP contribution in [0, 0.1) is 0 Å². The van der Waals surface area contributed by atoms with Gasteiger partial charge in [-0.3, -0.25) is 4.79 Å². The summed E-state index contributed by atoms with van der Waals surface area (Å²) in [5.74, 6) is 0.125. The lowest BCUT2D eigenvalue weighted by Crippen LogP contribution is -2.20. The van der Waals surface area contributed by atoms with Crippen LogP contribution in [0.1, 0.15) is 5.56 Å². The molecule has 0 fully saturated rings. The number of nitrogens with one attached hydrogen (secondary N) is 1. The maximum Gasteiger partial charge on any atom is 0.416 e. The van der Waals surface area contributed by atoms with E-state index in [-0.39, 0.29) is 12.4 Å². The Labute approximate surface area is 179 Å². The minimum Gasteiger partial charge on any atom is -0.484 e. The van der Waals surface area contributed by atoms with Crippen molar-refractivity contribution in [3.63, 3.8) is 0 Å². The number of alkyl halides is 3. The molecule has 0 radical (unpaired) electrons. The number of rotatable bonds is 5. The number of benzene rings is 3. The molecular weight excluding hydrogens is 433 g/mol. The zero-order valence-corrected chi connectivity index (χ0v) is 16.5. The molecule has 1 amide bonds. The van der Waals surface area contributed by atoms with E-state index in [2.05, 4.69) is 10.3 Å². The molecule has 0 aliphatic rings. The third-order valence-corrected chi connectivity index (χ3v) is 4.55. The summed E-state index contributed by atoms with van der Waals surface area (Å²) in [6, 6.07) is 16.1. The van der Waals surface area contributed by atoms with Gasteiger partial charge in [-0.25, -0.2) is 4.98 Å². The summed E-state index contributed by atoms with van der Waals surface area (Å²) >= 11 is 5.96. The van der Waals surface area contributed by atoms with Crippen molar-refractivity contribution in [1.29, 1.82) is 0 Å². The fraction of sp³-hybridized carbons (Fsp3) is 0.0909. The van der Waals surface area contributed by atoms with E-state index in [9.17, 15) is 18.0 Å². The molecule has 1 aromatic heterocycles. The zero-order chi connectivity index (χ0) is 22.0. The fourth-order valence-electron chi connectivity index (χ4n) is 2.81. The van der Waals surface area contributed by atoms with E-state index < -0.39 is 17.6 Å². The molecule has 9 heteroatoms. The Morgan fingerprint density at radius 1 is 1.03 bits per heavy atom. The van der Waals surface area contributed by atoms with Crippen molar-refractivity contribution >= 4 is 34.3 Å². The first-order valence-corrected chi connectivity index (χ1v) is 9.42. The van der Waals surface area contributed by atoms with Gasteiger partial charge in [0.05, 0.1) is 5.56 Å². The molecule has 0 atom stereocenters. The predicted octanol–water partition coefficient (Wildman–Crippen LogP) is 6.18. The van der Waals surface area contributed by atoms with E-state index in [4.69, 9.17) is 20.8 Å². The second kappa shape index (κ2) is 8.31. The molecule has 1 heterocycles. The van der Waals surface area contributed by atoms with Crippen LogP contribution in [0.5, 0.6) is 5.75 Å². The molecule has 0 unspecified atom stereocenters. The Kier molecular flexibility index (Phi) is 5.56. The number of hydrogen-bond acceptors (Lipinski definition) is 4. The lowest BCUT2D eigenvalue weighted by Gasteiger charge is -2.10. The topological polar surface area (TPSA) is 64.4 Å². The molecule has 0 aliphatic heterocycles. The van der Waals surface area contributed by atoms with Crippen molar-refractivity contribution in [2.24, 2.45) is 0 Å². The standard InChI is InChI=1S/C22H14ClF3N2O3/c23-15-5-10-19-18(11-15)28-21(31-19)13-1-6-16(7-2-13)27-20(29)12-30-17-8-3-14(4-9-17)22(24,25)26/h1-11H,12H2,(H,27,29). The molecular formula is C22H14ClF3N2O3. The van der Waals surface area contributed by atoms with Gasteiger partial charge in [0, 0.05) is 16.3 Å². The summed E-state index contributed by atoms with van der Waals surface area (Å²) in [5.41, 5.74) is 1.69. The molecule has 158 valence electrons. The molecule has 0 bridgehead atoms. The number of aromatic nitrogens is 1. The van der Waals surface area contributed by atoms with Gasteiger partial charge in [0.2, 0.25) is 5.89 Å². The lowest BCUT2D eigenvalue weighted by molar-refractivity contribution is -0.137. The van der Waals surface area contributed by atoms with Crippen LogP contribution in [-0.4, -0.2) is 17.5 Å². The third kappa shape index (κ3) is 4.97. The number of nitrogens with zero attached hydrogens (tertiary/aromatic N) is 1. The average Bonchev–Trinajstić information content (AvgIpc) is 3.15. The Morgan fingerprint density at radius 3 is 2.42 bits per heavy atom. The SMILES string of the molecule is O=C(COc1ccc(C(F)(F)F)cc1)Nc1ccc(-c2nc3cc(Cl)ccc3o2)cc1. The molecule has 3 aromatic carbocycles. The lowest BCUT2D eigenvalue weighted by atomic mass is 10.2. The van der Waals surface area contributed by atoms with Crippen LogP contribution in [0.25, 0.3) is 22.6 Å². The van der Waals surface area contributed by atoms with E-state index in [1.807, 2.05) is 0 Å². The summed E-state index contributed by atoms with van der Waals surface area (Å²) < 4.78 is 48.6. The number of ether oxygens (including phenoxy) is 1. The van der Waals surface area contributed by atoms with E-state index >= 15 is 0 Å². The van der Waals surface area contributed by atoms with Gasteiger partial charge in [0.25, 0.3) is 5.91 Å². The second-order valence-electron chi connectivity index (χ2n) is 6.57. The molecule has 31 heavy (non-hydrogen) atoms. The van der Waals surface area contributed by atoms with Crippen molar-refractivity contribution in [2.45, 2.75) is 6.18 Å². The van der Waals surface area contributed by atoms with Gasteiger partial charge >= 0.3 is 6.18 Å². The van der Waals surface area contributed by atoms with Crippen LogP contribution in [0.2, 0.25) is 5.02 Å². The van der Waals surface area contributed by atoms with Crippen LogP contribution >= 0.6 is 11.6 Å². The van der Waals surface area contributed by atoms with Crippen molar-refractivity contribution in [2.75, 3.05) is 11.9 Å². The number of carbonyl (C=O) groups is 1. The summed E-state index contributed by atoms with van der Waals surface area (Å²) in [7, 11) is 0. The van der Waals surface area contributed by atoms with Crippen LogP contribution in [0.4, 0.5) is 18.9 Å². The molecule has 0 saturated carbocycles. The molecule has 0 aliphatic carbocycles. The number of halogens is 4. The van der Waals surface area contributed by atoms with E-state index in [1.54, 1.807) is 42.5 Å². The highest BCUT2D eigenvalue weighted by molar-refractivity contribution is 6.31. The van der Waals surface area contributed by atoms with Crippen LogP contribution in [0.3, 0.4) is 0 Å².